The smallest absolute Gasteiger partial charge is 0.264 e. The van der Waals surface area contributed by atoms with Gasteiger partial charge < -0.3 is 16.0 Å². The first-order valence-electron chi connectivity index (χ1n) is 9.90. The quantitative estimate of drug-likeness (QED) is 0.406. The normalized spacial score (nSPS) is 10.5. The first kappa shape index (κ1) is 29.2. The molecule has 4 N–H and O–H groups in total. The molecule has 0 fully saturated rings. The number of rotatable bonds is 8. The minimum absolute atomic E-state index is 0. The summed E-state index contributed by atoms with van der Waals surface area (Å²) < 4.78 is 42.8. The average Bonchev–Trinajstić information content (AvgIpc) is 2.77. The lowest BCUT2D eigenvalue weighted by Gasteiger charge is -2.13. The Morgan fingerprint density at radius 2 is 1.59 bits per heavy atom. The number of anilines is 2. The van der Waals surface area contributed by atoms with E-state index in [-0.39, 0.29) is 36.4 Å². The largest absolute Gasteiger partial charge is 0.384 e. The van der Waals surface area contributed by atoms with Crippen LogP contribution in [0.1, 0.15) is 10.4 Å². The second kappa shape index (κ2) is 12.6. The van der Waals surface area contributed by atoms with E-state index in [1.54, 1.807) is 62.6 Å². The molecule has 0 spiro atoms. The fourth-order valence-corrected chi connectivity index (χ4v) is 4.25. The van der Waals surface area contributed by atoms with Crippen molar-refractivity contribution in [1.82, 2.24) is 4.90 Å². The van der Waals surface area contributed by atoms with Crippen molar-refractivity contribution in [2.45, 2.75) is 4.90 Å². The molecule has 11 heteroatoms. The maximum atomic E-state index is 14.5. The maximum Gasteiger partial charge on any atom is 0.264 e. The predicted octanol–water partition coefficient (Wildman–Crippen LogP) is 4.21. The summed E-state index contributed by atoms with van der Waals surface area (Å²) in [6.07, 6.45) is 0. The molecular weight excluding hydrogens is 502 g/mol. The Kier molecular flexibility index (Phi) is 10.8. The van der Waals surface area contributed by atoms with E-state index in [9.17, 15) is 17.6 Å². The summed E-state index contributed by atoms with van der Waals surface area (Å²) in [5, 5.41) is 3.06. The molecule has 0 heterocycles. The molecule has 0 aliphatic carbocycles. The fourth-order valence-electron chi connectivity index (χ4n) is 3.10. The molecule has 0 aliphatic heterocycles. The van der Waals surface area contributed by atoms with Crippen LogP contribution in [0.2, 0.25) is 0 Å². The molecule has 3 aromatic rings. The van der Waals surface area contributed by atoms with Crippen molar-refractivity contribution in [2.24, 2.45) is 5.73 Å². The highest BCUT2D eigenvalue weighted by atomic mass is 35.5. The summed E-state index contributed by atoms with van der Waals surface area (Å²) in [5.41, 5.74) is 7.96. The van der Waals surface area contributed by atoms with Crippen molar-refractivity contribution in [1.29, 1.82) is 0 Å². The number of carbonyl (C=O) groups is 1. The van der Waals surface area contributed by atoms with Gasteiger partial charge in [-0.25, -0.2) is 12.8 Å². The van der Waals surface area contributed by atoms with E-state index < -0.39 is 20.7 Å². The molecule has 0 aliphatic rings. The zero-order valence-electron chi connectivity index (χ0n) is 18.6. The molecule has 0 unspecified atom stereocenters. The number of amides is 1. The van der Waals surface area contributed by atoms with E-state index in [4.69, 9.17) is 5.73 Å². The Labute approximate surface area is 211 Å². The van der Waals surface area contributed by atoms with Crippen molar-refractivity contribution in [3.63, 3.8) is 0 Å². The Bertz CT molecular complexity index is 1240. The molecule has 0 radical (unpaired) electrons. The van der Waals surface area contributed by atoms with Crippen molar-refractivity contribution in [3.8, 4) is 11.1 Å². The fraction of sp³-hybridized carbons (Fsp3) is 0.174. The number of hydrogen-bond acceptors (Lipinski definition) is 5. The molecule has 0 saturated heterocycles. The molecule has 3 aromatic carbocycles. The van der Waals surface area contributed by atoms with Crippen LogP contribution >= 0.6 is 24.8 Å². The summed E-state index contributed by atoms with van der Waals surface area (Å²) >= 11 is 0. The van der Waals surface area contributed by atoms with Gasteiger partial charge in [-0.3, -0.25) is 9.52 Å². The lowest BCUT2D eigenvalue weighted by molar-refractivity contribution is 0.0827. The second-order valence-corrected chi connectivity index (χ2v) is 8.98. The van der Waals surface area contributed by atoms with Crippen LogP contribution in [0, 0.1) is 5.82 Å². The second-order valence-electron chi connectivity index (χ2n) is 7.33. The molecule has 1 amide bonds. The third-order valence-electron chi connectivity index (χ3n) is 4.66. The van der Waals surface area contributed by atoms with Gasteiger partial charge >= 0.3 is 0 Å². The highest BCUT2D eigenvalue weighted by molar-refractivity contribution is 7.92. The highest BCUT2D eigenvalue weighted by Crippen LogP contribution is 2.27. The van der Waals surface area contributed by atoms with E-state index in [1.807, 2.05) is 0 Å². The van der Waals surface area contributed by atoms with Crippen molar-refractivity contribution in [2.75, 3.05) is 37.2 Å². The first-order chi connectivity index (χ1) is 15.2. The summed E-state index contributed by atoms with van der Waals surface area (Å²) in [4.78, 5) is 13.2. The van der Waals surface area contributed by atoms with E-state index in [2.05, 4.69) is 10.0 Å². The summed E-state index contributed by atoms with van der Waals surface area (Å²) in [5.74, 6) is -1.06. The third kappa shape index (κ3) is 7.07. The summed E-state index contributed by atoms with van der Waals surface area (Å²) in [6.45, 7) is 0.956. The van der Waals surface area contributed by atoms with Crippen LogP contribution in [-0.4, -0.2) is 46.4 Å². The van der Waals surface area contributed by atoms with Crippen LogP contribution in [0.25, 0.3) is 11.1 Å². The number of nitrogens with one attached hydrogen (secondary N) is 2. The van der Waals surface area contributed by atoms with Crippen LogP contribution in [0.3, 0.4) is 0 Å². The van der Waals surface area contributed by atoms with Crippen molar-refractivity contribution in [3.05, 3.63) is 78.1 Å². The van der Waals surface area contributed by atoms with Gasteiger partial charge in [-0.05, 0) is 53.6 Å². The molecule has 0 bridgehead atoms. The molecule has 0 atom stereocenters. The molecule has 184 valence electrons. The number of nitrogens with zero attached hydrogens (tertiary/aromatic N) is 1. The molecule has 3 rings (SSSR count). The number of sulfonamides is 1. The van der Waals surface area contributed by atoms with Crippen molar-refractivity contribution < 1.29 is 17.6 Å². The third-order valence-corrected chi connectivity index (χ3v) is 6.05. The lowest BCUT2D eigenvalue weighted by atomic mass is 10.0. The monoisotopic (exact) mass is 528 g/mol. The van der Waals surface area contributed by atoms with E-state index in [1.165, 1.54) is 17.0 Å². The number of nitrogens with two attached hydrogens (primary N) is 1. The van der Waals surface area contributed by atoms with Gasteiger partial charge in [0.2, 0.25) is 0 Å². The van der Waals surface area contributed by atoms with Gasteiger partial charge in [0.1, 0.15) is 10.7 Å². The minimum atomic E-state index is -4.20. The standard InChI is InChI=1S/C23H25FN4O3S.2ClH/c1-28(2)23(29)18-6-3-5-16(13-18)17-9-10-21(24)22(14-17)32(30,31)27-20-8-4-7-19(15-20)26-12-11-25;;/h3-10,13-15,26-27H,11-12,25H2,1-2H3;2*1H. The van der Waals surface area contributed by atoms with E-state index >= 15 is 0 Å². The highest BCUT2D eigenvalue weighted by Gasteiger charge is 2.21. The van der Waals surface area contributed by atoms with E-state index in [0.717, 1.165) is 6.07 Å². The van der Waals surface area contributed by atoms with Crippen LogP contribution in [0.15, 0.2) is 71.6 Å². The Balaban J connectivity index is 0.00000289. The summed E-state index contributed by atoms with van der Waals surface area (Å²) in [6, 6.07) is 17.2. The lowest BCUT2D eigenvalue weighted by Crippen LogP contribution is -2.21. The maximum absolute atomic E-state index is 14.5. The Hall–Kier alpha value is -2.85. The zero-order valence-corrected chi connectivity index (χ0v) is 21.1. The molecular formula is C23H27Cl2FN4O3S. The van der Waals surface area contributed by atoms with Crippen LogP contribution in [0.5, 0.6) is 0 Å². The van der Waals surface area contributed by atoms with Gasteiger partial charge in [-0.1, -0.05) is 24.3 Å². The molecule has 0 aromatic heterocycles. The van der Waals surface area contributed by atoms with Gasteiger partial charge in [0.05, 0.1) is 5.69 Å². The summed E-state index contributed by atoms with van der Waals surface area (Å²) in [7, 11) is -0.919. The minimum Gasteiger partial charge on any atom is -0.384 e. The predicted molar refractivity (Wildman–Crippen MR) is 139 cm³/mol. The van der Waals surface area contributed by atoms with Crippen LogP contribution < -0.4 is 15.8 Å². The molecule has 7 nitrogen and oxygen atoms in total. The SMILES string of the molecule is CN(C)C(=O)c1cccc(-c2ccc(F)c(S(=O)(=O)Nc3cccc(NCCN)c3)c2)c1.Cl.Cl. The number of carbonyl (C=O) groups excluding carboxylic acids is 1. The molecule has 34 heavy (non-hydrogen) atoms. The first-order valence-corrected chi connectivity index (χ1v) is 11.4. The van der Waals surface area contributed by atoms with E-state index in [0.29, 0.717) is 35.5 Å². The molecule has 0 saturated carbocycles. The Morgan fingerprint density at radius 1 is 0.941 bits per heavy atom. The van der Waals surface area contributed by atoms with Gasteiger partial charge in [0, 0.05) is 38.4 Å². The van der Waals surface area contributed by atoms with Gasteiger partial charge in [-0.2, -0.15) is 0 Å². The topological polar surface area (TPSA) is 105 Å². The number of halogens is 3. The Morgan fingerprint density at radius 3 is 2.26 bits per heavy atom. The van der Waals surface area contributed by atoms with Crippen LogP contribution in [-0.2, 0) is 10.0 Å². The van der Waals surface area contributed by atoms with Gasteiger partial charge in [0.15, 0.2) is 0 Å². The van der Waals surface area contributed by atoms with Crippen molar-refractivity contribution >= 4 is 52.1 Å². The number of hydrogen-bond donors (Lipinski definition) is 3. The van der Waals surface area contributed by atoms with Gasteiger partial charge in [0.25, 0.3) is 15.9 Å². The average molecular weight is 529 g/mol. The number of benzene rings is 3. The van der Waals surface area contributed by atoms with Crippen LogP contribution in [0.4, 0.5) is 15.8 Å². The van der Waals surface area contributed by atoms with Gasteiger partial charge in [-0.15, -0.1) is 24.8 Å². The zero-order chi connectivity index (χ0) is 23.3.